The van der Waals surface area contributed by atoms with E-state index in [4.69, 9.17) is 4.74 Å². The van der Waals surface area contributed by atoms with Crippen molar-refractivity contribution >= 4 is 23.6 Å². The van der Waals surface area contributed by atoms with Gasteiger partial charge in [-0.15, -0.1) is 11.8 Å². The van der Waals surface area contributed by atoms with Gasteiger partial charge < -0.3 is 20.3 Å². The Kier molecular flexibility index (Phi) is 6.93. The first-order chi connectivity index (χ1) is 15.5. The van der Waals surface area contributed by atoms with E-state index in [9.17, 15) is 18.4 Å². The number of carbonyl (C=O) groups excluding carboxylic acids is 2. The Balaban J connectivity index is 1.13. The molecule has 0 spiro atoms. The molecule has 3 N–H and O–H groups in total. The summed E-state index contributed by atoms with van der Waals surface area (Å²) in [6.07, 6.45) is 2.85. The molecule has 0 bridgehead atoms. The molecule has 5 aliphatic rings. The Morgan fingerprint density at radius 2 is 1.88 bits per heavy atom. The van der Waals surface area contributed by atoms with Gasteiger partial charge in [0.15, 0.2) is 0 Å². The fourth-order valence-corrected chi connectivity index (χ4v) is 7.74. The van der Waals surface area contributed by atoms with Gasteiger partial charge in [0.25, 0.3) is 0 Å². The number of thioether (sulfide) groups is 1. The number of hydrogen-bond acceptors (Lipinski definition) is 6. The molecule has 1 aliphatic carbocycles. The molecule has 32 heavy (non-hydrogen) atoms. The van der Waals surface area contributed by atoms with E-state index in [0.717, 1.165) is 32.1 Å². The van der Waals surface area contributed by atoms with Crippen LogP contribution in [0.5, 0.6) is 0 Å². The SMILES string of the molecule is O=C(NC1NC2CCN(C(=O)C3CC4C(CCCC4C(F)F)N3)CC2S1)C1CCOCC1. The Morgan fingerprint density at radius 1 is 1.06 bits per heavy atom. The summed E-state index contributed by atoms with van der Waals surface area (Å²) in [5.74, 6) is -0.528. The van der Waals surface area contributed by atoms with Gasteiger partial charge in [-0.1, -0.05) is 6.42 Å². The van der Waals surface area contributed by atoms with Crippen molar-refractivity contribution in [3.05, 3.63) is 0 Å². The van der Waals surface area contributed by atoms with Crippen molar-refractivity contribution in [2.75, 3.05) is 26.3 Å². The number of halogens is 2. The summed E-state index contributed by atoms with van der Waals surface area (Å²) in [7, 11) is 0. The molecule has 5 fully saturated rings. The number of rotatable bonds is 4. The summed E-state index contributed by atoms with van der Waals surface area (Å²) in [4.78, 5) is 27.7. The topological polar surface area (TPSA) is 82.7 Å². The molecule has 5 rings (SSSR count). The van der Waals surface area contributed by atoms with Gasteiger partial charge in [-0.05, 0) is 44.4 Å². The van der Waals surface area contributed by atoms with Crippen molar-refractivity contribution in [1.82, 2.24) is 20.9 Å². The number of nitrogens with one attached hydrogen (secondary N) is 3. The Bertz CT molecular complexity index is 711. The lowest BCUT2D eigenvalue weighted by molar-refractivity contribution is -0.134. The lowest BCUT2D eigenvalue weighted by Crippen LogP contribution is -2.54. The third-order valence-electron chi connectivity index (χ3n) is 8.08. The van der Waals surface area contributed by atoms with Gasteiger partial charge in [0.2, 0.25) is 18.2 Å². The van der Waals surface area contributed by atoms with Gasteiger partial charge in [0.1, 0.15) is 5.50 Å². The highest BCUT2D eigenvalue weighted by Gasteiger charge is 2.48. The zero-order chi connectivity index (χ0) is 22.2. The van der Waals surface area contributed by atoms with Gasteiger partial charge >= 0.3 is 0 Å². The molecule has 7 unspecified atom stereocenters. The summed E-state index contributed by atoms with van der Waals surface area (Å²) in [6, 6.07) is -0.0304. The van der Waals surface area contributed by atoms with E-state index in [1.165, 1.54) is 0 Å². The van der Waals surface area contributed by atoms with Gasteiger partial charge in [-0.3, -0.25) is 14.9 Å². The van der Waals surface area contributed by atoms with Crippen LogP contribution in [-0.2, 0) is 14.3 Å². The van der Waals surface area contributed by atoms with Crippen molar-refractivity contribution in [2.24, 2.45) is 17.8 Å². The third kappa shape index (κ3) is 4.65. The molecular formula is C22H34F2N4O3S. The number of fused-ring (bicyclic) bond motifs is 2. The van der Waals surface area contributed by atoms with Crippen LogP contribution >= 0.6 is 11.8 Å². The second kappa shape index (κ2) is 9.72. The van der Waals surface area contributed by atoms with E-state index in [2.05, 4.69) is 16.0 Å². The molecule has 4 saturated heterocycles. The van der Waals surface area contributed by atoms with Crippen LogP contribution < -0.4 is 16.0 Å². The van der Waals surface area contributed by atoms with Crippen LogP contribution in [0, 0.1) is 17.8 Å². The summed E-state index contributed by atoms with van der Waals surface area (Å²) < 4.78 is 32.3. The van der Waals surface area contributed by atoms with E-state index < -0.39 is 12.3 Å². The summed E-state index contributed by atoms with van der Waals surface area (Å²) >= 11 is 1.69. The van der Waals surface area contributed by atoms with E-state index in [0.29, 0.717) is 39.1 Å². The Morgan fingerprint density at radius 3 is 2.66 bits per heavy atom. The quantitative estimate of drug-likeness (QED) is 0.576. The molecule has 7 nitrogen and oxygen atoms in total. The summed E-state index contributed by atoms with van der Waals surface area (Å²) in [6.45, 7) is 2.58. The largest absolute Gasteiger partial charge is 0.381 e. The van der Waals surface area contributed by atoms with Crippen LogP contribution in [0.2, 0.25) is 0 Å². The van der Waals surface area contributed by atoms with Crippen molar-refractivity contribution in [3.63, 3.8) is 0 Å². The zero-order valence-electron chi connectivity index (χ0n) is 18.3. The molecule has 1 saturated carbocycles. The fraction of sp³-hybridized carbons (Fsp3) is 0.909. The highest BCUT2D eigenvalue weighted by atomic mass is 32.2. The Labute approximate surface area is 192 Å². The number of alkyl halides is 2. The minimum Gasteiger partial charge on any atom is -0.381 e. The molecule has 0 aromatic heterocycles. The van der Waals surface area contributed by atoms with Crippen molar-refractivity contribution in [1.29, 1.82) is 0 Å². The molecule has 0 aromatic carbocycles. The predicted molar refractivity (Wildman–Crippen MR) is 117 cm³/mol. The van der Waals surface area contributed by atoms with Gasteiger partial charge in [-0.2, -0.15) is 0 Å². The molecule has 0 aromatic rings. The third-order valence-corrected chi connectivity index (χ3v) is 9.43. The maximum Gasteiger partial charge on any atom is 0.241 e. The van der Waals surface area contributed by atoms with Crippen LogP contribution in [0.15, 0.2) is 0 Å². The number of nitrogens with zero attached hydrogens (tertiary/aromatic N) is 1. The smallest absolute Gasteiger partial charge is 0.241 e. The molecule has 4 aliphatic heterocycles. The van der Waals surface area contributed by atoms with E-state index in [1.54, 1.807) is 11.8 Å². The second-order valence-corrected chi connectivity index (χ2v) is 11.3. The first-order valence-corrected chi connectivity index (χ1v) is 13.1. The van der Waals surface area contributed by atoms with Gasteiger partial charge in [0.05, 0.1) is 6.04 Å². The molecule has 180 valence electrons. The van der Waals surface area contributed by atoms with E-state index >= 15 is 0 Å². The average molecular weight is 473 g/mol. The van der Waals surface area contributed by atoms with Crippen LogP contribution in [0.4, 0.5) is 8.78 Å². The highest BCUT2D eigenvalue weighted by molar-refractivity contribution is 8.00. The predicted octanol–water partition coefficient (Wildman–Crippen LogP) is 1.53. The first-order valence-electron chi connectivity index (χ1n) is 12.1. The molecule has 7 atom stereocenters. The first kappa shape index (κ1) is 22.8. The molecule has 0 radical (unpaired) electrons. The molecule has 4 heterocycles. The molecular weight excluding hydrogens is 438 g/mol. The average Bonchev–Trinajstić information content (AvgIpc) is 3.41. The van der Waals surface area contributed by atoms with Gasteiger partial charge in [-0.25, -0.2) is 8.78 Å². The number of carbonyl (C=O) groups is 2. The monoisotopic (exact) mass is 472 g/mol. The molecule has 10 heteroatoms. The van der Waals surface area contributed by atoms with Crippen molar-refractivity contribution < 1.29 is 23.1 Å². The lowest BCUT2D eigenvalue weighted by atomic mass is 9.76. The maximum absolute atomic E-state index is 13.5. The Hall–Kier alpha value is -0.970. The van der Waals surface area contributed by atoms with Crippen molar-refractivity contribution in [3.8, 4) is 0 Å². The number of hydrogen-bond donors (Lipinski definition) is 3. The number of amides is 2. The lowest BCUT2D eigenvalue weighted by Gasteiger charge is -2.35. The standard InChI is InChI=1S/C22H34F2N4O3S/c23-19(24)13-2-1-3-15-14(13)10-17(25-15)21(30)28-7-4-16-18(11-28)32-22(26-16)27-20(29)12-5-8-31-9-6-12/h12-19,22,25-26H,1-11H2,(H,27,29). The highest BCUT2D eigenvalue weighted by Crippen LogP contribution is 2.41. The maximum atomic E-state index is 13.5. The molecule has 2 amide bonds. The van der Waals surface area contributed by atoms with Gasteiger partial charge in [0, 0.05) is 55.5 Å². The number of ether oxygens (including phenoxy) is 1. The fourth-order valence-electron chi connectivity index (χ4n) is 6.29. The van der Waals surface area contributed by atoms with Crippen LogP contribution in [0.1, 0.15) is 44.9 Å². The van der Waals surface area contributed by atoms with Crippen LogP contribution in [0.25, 0.3) is 0 Å². The minimum absolute atomic E-state index is 0.0147. The minimum atomic E-state index is -2.30. The second-order valence-electron chi connectivity index (χ2n) is 9.95. The number of piperidine rings is 1. The number of likely N-dealkylation sites (tertiary alicyclic amines) is 1. The van der Waals surface area contributed by atoms with E-state index in [1.807, 2.05) is 4.90 Å². The van der Waals surface area contributed by atoms with Crippen LogP contribution in [-0.4, -0.2) is 78.3 Å². The normalized spacial score (nSPS) is 40.2. The van der Waals surface area contributed by atoms with Crippen LogP contribution in [0.3, 0.4) is 0 Å². The van der Waals surface area contributed by atoms with Crippen molar-refractivity contribution in [2.45, 2.75) is 80.2 Å². The summed E-state index contributed by atoms with van der Waals surface area (Å²) in [5.41, 5.74) is -0.130. The zero-order valence-corrected chi connectivity index (χ0v) is 19.1. The van der Waals surface area contributed by atoms with E-state index in [-0.39, 0.29) is 52.5 Å². The summed E-state index contributed by atoms with van der Waals surface area (Å²) in [5, 5.41) is 10.3.